The standard InChI is InChI=1S/C39H27N3S/c1-7-17-33-24(11-1)23-40-38(41-33)42-34-18-8-3-13-26(34)28-21-27-25-12-2-4-14-29(25)39(32(27)22-35(28)42)30-15-5-9-19-36(30)43-37-20-10-6-16-31(37)39/h1-22,38,40-41H,23H2. The Balaban J connectivity index is 1.33. The number of hydrogen-bond acceptors (Lipinski definition) is 3. The summed E-state index contributed by atoms with van der Waals surface area (Å²) in [4.78, 5) is 2.66. The number of aromatic nitrogens is 1. The molecule has 7 aromatic rings. The molecule has 1 aliphatic carbocycles. The highest BCUT2D eigenvalue weighted by Crippen LogP contribution is 2.62. The molecule has 1 atom stereocenters. The van der Waals surface area contributed by atoms with Gasteiger partial charge in [0.1, 0.15) is 0 Å². The summed E-state index contributed by atoms with van der Waals surface area (Å²) in [6.45, 7) is 0.820. The number of anilines is 1. The minimum Gasteiger partial charge on any atom is -0.352 e. The fraction of sp³-hybridized carbons (Fsp3) is 0.0769. The summed E-state index contributed by atoms with van der Waals surface area (Å²) < 4.78 is 2.48. The quantitative estimate of drug-likeness (QED) is 0.206. The van der Waals surface area contributed by atoms with Gasteiger partial charge in [-0.25, -0.2) is 0 Å². The van der Waals surface area contributed by atoms with E-state index < -0.39 is 0 Å². The van der Waals surface area contributed by atoms with Crippen molar-refractivity contribution < 1.29 is 0 Å². The number of para-hydroxylation sites is 2. The molecule has 204 valence electrons. The van der Waals surface area contributed by atoms with Gasteiger partial charge in [-0.3, -0.25) is 5.32 Å². The average molecular weight is 570 g/mol. The number of nitrogens with zero attached hydrogens (tertiary/aromatic N) is 1. The minimum absolute atomic E-state index is 0.0726. The van der Waals surface area contributed by atoms with Crippen molar-refractivity contribution in [3.8, 4) is 11.1 Å². The zero-order chi connectivity index (χ0) is 28.1. The maximum Gasteiger partial charge on any atom is 0.160 e. The molecule has 2 aliphatic heterocycles. The largest absolute Gasteiger partial charge is 0.352 e. The second kappa shape index (κ2) is 8.63. The lowest BCUT2D eigenvalue weighted by Crippen LogP contribution is -2.36. The molecule has 0 saturated carbocycles. The van der Waals surface area contributed by atoms with Crippen LogP contribution in [-0.4, -0.2) is 4.57 Å². The Hall–Kier alpha value is -4.77. The van der Waals surface area contributed by atoms with Crippen LogP contribution in [0.4, 0.5) is 5.69 Å². The van der Waals surface area contributed by atoms with Crippen molar-refractivity contribution >= 4 is 39.3 Å². The Morgan fingerprint density at radius 1 is 0.581 bits per heavy atom. The van der Waals surface area contributed by atoms with Gasteiger partial charge in [0, 0.05) is 32.8 Å². The third-order valence-corrected chi connectivity index (χ3v) is 10.9. The van der Waals surface area contributed by atoms with Crippen LogP contribution in [-0.2, 0) is 12.0 Å². The highest BCUT2D eigenvalue weighted by atomic mass is 32.2. The van der Waals surface area contributed by atoms with Crippen LogP contribution in [0.1, 0.15) is 34.1 Å². The maximum atomic E-state index is 3.82. The summed E-state index contributed by atoms with van der Waals surface area (Å²) in [5.74, 6) is 0. The summed E-state index contributed by atoms with van der Waals surface area (Å²) in [5.41, 5.74) is 12.7. The summed E-state index contributed by atoms with van der Waals surface area (Å²) in [5, 5.41) is 10.2. The van der Waals surface area contributed by atoms with Crippen molar-refractivity contribution in [1.29, 1.82) is 0 Å². The summed E-state index contributed by atoms with van der Waals surface area (Å²) >= 11 is 1.89. The molecule has 43 heavy (non-hydrogen) atoms. The van der Waals surface area contributed by atoms with Crippen LogP contribution >= 0.6 is 11.8 Å². The van der Waals surface area contributed by atoms with E-state index in [-0.39, 0.29) is 11.7 Å². The first-order valence-corrected chi connectivity index (χ1v) is 15.8. The van der Waals surface area contributed by atoms with Crippen LogP contribution in [0.2, 0.25) is 0 Å². The van der Waals surface area contributed by atoms with E-state index in [2.05, 4.69) is 149 Å². The molecule has 1 spiro atoms. The lowest BCUT2D eigenvalue weighted by Gasteiger charge is -2.39. The molecular formula is C39H27N3S. The molecule has 0 radical (unpaired) electrons. The van der Waals surface area contributed by atoms with Crippen LogP contribution in [0.15, 0.2) is 143 Å². The van der Waals surface area contributed by atoms with Crippen molar-refractivity contribution in [2.45, 2.75) is 28.0 Å². The molecular weight excluding hydrogens is 543 g/mol. The maximum absolute atomic E-state index is 3.82. The van der Waals surface area contributed by atoms with E-state index in [4.69, 9.17) is 0 Å². The van der Waals surface area contributed by atoms with Crippen molar-refractivity contribution in [1.82, 2.24) is 9.88 Å². The molecule has 2 N–H and O–H groups in total. The fourth-order valence-corrected chi connectivity index (χ4v) is 9.19. The fourth-order valence-electron chi connectivity index (χ4n) is 8.00. The second-order valence-electron chi connectivity index (χ2n) is 11.8. The van der Waals surface area contributed by atoms with Crippen LogP contribution in [0.25, 0.3) is 32.9 Å². The van der Waals surface area contributed by atoms with E-state index >= 15 is 0 Å². The molecule has 6 aromatic carbocycles. The Morgan fingerprint density at radius 3 is 2.09 bits per heavy atom. The van der Waals surface area contributed by atoms with Crippen LogP contribution < -0.4 is 10.6 Å². The first kappa shape index (κ1) is 23.8. The van der Waals surface area contributed by atoms with Crippen molar-refractivity contribution in [2.75, 3.05) is 5.32 Å². The highest BCUT2D eigenvalue weighted by molar-refractivity contribution is 7.99. The first-order valence-electron chi connectivity index (χ1n) is 14.9. The monoisotopic (exact) mass is 569 g/mol. The molecule has 4 heteroatoms. The minimum atomic E-state index is -0.389. The number of hydrogen-bond donors (Lipinski definition) is 2. The van der Waals surface area contributed by atoms with Gasteiger partial charge in [-0.15, -0.1) is 0 Å². The summed E-state index contributed by atoms with van der Waals surface area (Å²) in [6.07, 6.45) is -0.0726. The third kappa shape index (κ3) is 3.04. The Kier molecular flexibility index (Phi) is 4.77. The van der Waals surface area contributed by atoms with E-state index in [1.165, 1.54) is 76.2 Å². The Bertz CT molecular complexity index is 2230. The van der Waals surface area contributed by atoms with Crippen molar-refractivity contribution in [3.05, 3.63) is 161 Å². The summed E-state index contributed by atoms with van der Waals surface area (Å²) in [7, 11) is 0. The first-order chi connectivity index (χ1) is 21.3. The molecule has 0 saturated heterocycles. The number of nitrogens with one attached hydrogen (secondary N) is 2. The molecule has 3 aliphatic rings. The SMILES string of the molecule is c1ccc2c(c1)CNC(n1c3ccccc3c3cc4c(cc31)C1(c3ccccc3Sc3ccccc31)c1ccccc1-4)N2. The van der Waals surface area contributed by atoms with E-state index in [9.17, 15) is 0 Å². The molecule has 0 amide bonds. The molecule has 1 unspecified atom stereocenters. The van der Waals surface area contributed by atoms with Gasteiger partial charge in [0.2, 0.25) is 0 Å². The van der Waals surface area contributed by atoms with E-state index in [0.29, 0.717) is 0 Å². The lowest BCUT2D eigenvalue weighted by atomic mass is 9.67. The van der Waals surface area contributed by atoms with Gasteiger partial charge >= 0.3 is 0 Å². The normalized spacial score (nSPS) is 17.2. The van der Waals surface area contributed by atoms with Gasteiger partial charge < -0.3 is 9.88 Å². The van der Waals surface area contributed by atoms with Crippen LogP contribution in [0.5, 0.6) is 0 Å². The van der Waals surface area contributed by atoms with E-state index in [0.717, 1.165) is 6.54 Å². The van der Waals surface area contributed by atoms with Gasteiger partial charge in [0.15, 0.2) is 6.29 Å². The van der Waals surface area contributed by atoms with Crippen molar-refractivity contribution in [3.63, 3.8) is 0 Å². The number of rotatable bonds is 1. The number of fused-ring (bicyclic) bond motifs is 13. The van der Waals surface area contributed by atoms with Gasteiger partial charge in [-0.05, 0) is 75.3 Å². The molecule has 3 nitrogen and oxygen atoms in total. The predicted octanol–water partition coefficient (Wildman–Crippen LogP) is 9.29. The van der Waals surface area contributed by atoms with Gasteiger partial charge in [-0.2, -0.15) is 0 Å². The third-order valence-electron chi connectivity index (χ3n) is 9.73. The Labute approximate surface area is 254 Å². The molecule has 10 rings (SSSR count). The average Bonchev–Trinajstić information content (AvgIpc) is 3.54. The number of benzene rings is 6. The van der Waals surface area contributed by atoms with Gasteiger partial charge in [0.05, 0.1) is 16.4 Å². The molecule has 0 bridgehead atoms. The highest BCUT2D eigenvalue weighted by Gasteiger charge is 2.50. The van der Waals surface area contributed by atoms with E-state index in [1.54, 1.807) is 0 Å². The second-order valence-corrected chi connectivity index (χ2v) is 12.9. The van der Waals surface area contributed by atoms with Gasteiger partial charge in [0.25, 0.3) is 0 Å². The molecule has 3 heterocycles. The zero-order valence-corrected chi connectivity index (χ0v) is 24.2. The topological polar surface area (TPSA) is 29.0 Å². The smallest absolute Gasteiger partial charge is 0.160 e. The predicted molar refractivity (Wildman–Crippen MR) is 177 cm³/mol. The molecule has 0 fully saturated rings. The van der Waals surface area contributed by atoms with Crippen molar-refractivity contribution in [2.24, 2.45) is 0 Å². The van der Waals surface area contributed by atoms with Crippen LogP contribution in [0.3, 0.4) is 0 Å². The van der Waals surface area contributed by atoms with Gasteiger partial charge in [-0.1, -0.05) is 109 Å². The molecule has 1 aromatic heterocycles. The zero-order valence-electron chi connectivity index (χ0n) is 23.3. The van der Waals surface area contributed by atoms with E-state index in [1.807, 2.05) is 11.8 Å². The summed E-state index contributed by atoms with van der Waals surface area (Å²) in [6, 6.07) is 49.6. The Morgan fingerprint density at radius 2 is 1.26 bits per heavy atom. The van der Waals surface area contributed by atoms with Crippen LogP contribution in [0, 0.1) is 0 Å². The lowest BCUT2D eigenvalue weighted by molar-refractivity contribution is 0.455.